The van der Waals surface area contributed by atoms with Crippen molar-refractivity contribution in [2.45, 2.75) is 18.6 Å². The highest BCUT2D eigenvalue weighted by Gasteiger charge is 2.49. The smallest absolute Gasteiger partial charge is 0.330 e. The van der Waals surface area contributed by atoms with Crippen LogP contribution in [0.15, 0.2) is 0 Å². The monoisotopic (exact) mass is 225 g/mol. The van der Waals surface area contributed by atoms with E-state index in [1.165, 1.54) is 0 Å². The van der Waals surface area contributed by atoms with E-state index >= 15 is 0 Å². The highest BCUT2D eigenvalue weighted by molar-refractivity contribution is 6.02. The van der Waals surface area contributed by atoms with E-state index in [0.717, 1.165) is 0 Å². The molecule has 0 aromatic carbocycles. The Bertz CT molecular complexity index is 263. The predicted molar refractivity (Wildman–Crippen MR) is 43.8 cm³/mol. The molecule has 0 radical (unpaired) electrons. The molecule has 86 valence electrons. The fourth-order valence-corrected chi connectivity index (χ4v) is 1.35. The fourth-order valence-electron chi connectivity index (χ4n) is 1.35. The summed E-state index contributed by atoms with van der Waals surface area (Å²) in [5, 5.41) is 2.03. The van der Waals surface area contributed by atoms with Crippen LogP contribution in [0.25, 0.3) is 0 Å². The van der Waals surface area contributed by atoms with Gasteiger partial charge in [-0.2, -0.15) is 13.2 Å². The highest BCUT2D eigenvalue weighted by atomic mass is 19.4. The number of halogens is 3. The lowest BCUT2D eigenvalue weighted by molar-refractivity contribution is -0.180. The quantitative estimate of drug-likeness (QED) is 0.654. The molecule has 1 aliphatic heterocycles. The Balaban J connectivity index is 2.88. The van der Waals surface area contributed by atoms with Crippen molar-refractivity contribution < 1.29 is 22.8 Å². The Morgan fingerprint density at radius 1 is 1.47 bits per heavy atom. The van der Waals surface area contributed by atoms with Gasteiger partial charge >= 0.3 is 12.2 Å². The molecule has 1 heterocycles. The number of carbonyl (C=O) groups is 2. The van der Waals surface area contributed by atoms with Gasteiger partial charge in [0.1, 0.15) is 6.04 Å². The molecule has 0 aromatic heterocycles. The van der Waals surface area contributed by atoms with Crippen molar-refractivity contribution in [3.63, 3.8) is 0 Å². The number of alkyl halides is 3. The second-order valence-corrected chi connectivity index (χ2v) is 3.06. The van der Waals surface area contributed by atoms with Crippen LogP contribution in [-0.2, 0) is 4.79 Å². The van der Waals surface area contributed by atoms with Gasteiger partial charge in [-0.05, 0) is 13.0 Å². The van der Waals surface area contributed by atoms with Gasteiger partial charge in [0, 0.05) is 0 Å². The first-order valence-electron chi connectivity index (χ1n) is 4.24. The van der Waals surface area contributed by atoms with Gasteiger partial charge in [0.2, 0.25) is 0 Å². The van der Waals surface area contributed by atoms with Crippen molar-refractivity contribution in [2.24, 2.45) is 5.73 Å². The molecule has 1 saturated heterocycles. The van der Waals surface area contributed by atoms with Gasteiger partial charge in [0.15, 0.2) is 0 Å². The van der Waals surface area contributed by atoms with Crippen LogP contribution >= 0.6 is 0 Å². The zero-order valence-electron chi connectivity index (χ0n) is 7.67. The van der Waals surface area contributed by atoms with Crippen LogP contribution in [0.1, 0.15) is 6.42 Å². The van der Waals surface area contributed by atoms with Gasteiger partial charge < -0.3 is 11.1 Å². The Morgan fingerprint density at radius 2 is 2.07 bits per heavy atom. The van der Waals surface area contributed by atoms with Gasteiger partial charge in [-0.25, -0.2) is 4.79 Å². The maximum absolute atomic E-state index is 12.5. The average molecular weight is 225 g/mol. The lowest BCUT2D eigenvalue weighted by Crippen LogP contribution is -2.50. The summed E-state index contributed by atoms with van der Waals surface area (Å²) >= 11 is 0. The van der Waals surface area contributed by atoms with Gasteiger partial charge in [-0.3, -0.25) is 9.69 Å². The van der Waals surface area contributed by atoms with Crippen molar-refractivity contribution in [3.05, 3.63) is 0 Å². The van der Waals surface area contributed by atoms with Gasteiger partial charge in [-0.15, -0.1) is 0 Å². The van der Waals surface area contributed by atoms with Gasteiger partial charge in [-0.1, -0.05) is 0 Å². The third kappa shape index (κ3) is 2.38. The van der Waals surface area contributed by atoms with E-state index in [1.807, 2.05) is 5.32 Å². The molecule has 0 saturated carbocycles. The predicted octanol–water partition coefficient (Wildman–Crippen LogP) is -0.182. The SMILES string of the molecule is NCCC(N1C(=O)CNC1=O)C(F)(F)F. The summed E-state index contributed by atoms with van der Waals surface area (Å²) in [5.74, 6) is -0.879. The summed E-state index contributed by atoms with van der Waals surface area (Å²) in [5.41, 5.74) is 5.01. The fraction of sp³-hybridized carbons (Fsp3) is 0.714. The number of hydrogen-bond donors (Lipinski definition) is 2. The first kappa shape index (κ1) is 11.8. The molecule has 3 N–H and O–H groups in total. The van der Waals surface area contributed by atoms with Crippen molar-refractivity contribution >= 4 is 11.9 Å². The number of urea groups is 1. The second-order valence-electron chi connectivity index (χ2n) is 3.06. The Labute approximate surface area is 83.4 Å². The number of amides is 3. The standard InChI is InChI=1S/C7H10F3N3O2/c8-7(9,10)4(1-2-11)13-5(14)3-12-6(13)15/h4H,1-3,11H2,(H,12,15). The molecule has 8 heteroatoms. The lowest BCUT2D eigenvalue weighted by atomic mass is 10.1. The summed E-state index contributed by atoms with van der Waals surface area (Å²) < 4.78 is 37.4. The first-order valence-corrected chi connectivity index (χ1v) is 4.24. The van der Waals surface area contributed by atoms with Crippen molar-refractivity contribution in [2.75, 3.05) is 13.1 Å². The number of nitrogens with one attached hydrogen (secondary N) is 1. The maximum atomic E-state index is 12.5. The Hall–Kier alpha value is -1.31. The minimum atomic E-state index is -4.64. The first-order chi connectivity index (χ1) is 6.88. The van der Waals surface area contributed by atoms with Gasteiger partial charge in [0.25, 0.3) is 5.91 Å². The number of carbonyl (C=O) groups excluding carboxylic acids is 2. The minimum Gasteiger partial charge on any atom is -0.330 e. The number of hydrogen-bond acceptors (Lipinski definition) is 3. The Morgan fingerprint density at radius 3 is 2.40 bits per heavy atom. The molecule has 1 rings (SSSR count). The third-order valence-electron chi connectivity index (χ3n) is 2.01. The molecule has 5 nitrogen and oxygen atoms in total. The van der Waals surface area contributed by atoms with E-state index in [2.05, 4.69) is 0 Å². The van der Waals surface area contributed by atoms with Crippen LogP contribution in [-0.4, -0.2) is 42.1 Å². The molecule has 1 atom stereocenters. The lowest BCUT2D eigenvalue weighted by Gasteiger charge is -2.26. The summed E-state index contributed by atoms with van der Waals surface area (Å²) in [6.45, 7) is -0.642. The van der Waals surface area contributed by atoms with Crippen molar-refractivity contribution in [3.8, 4) is 0 Å². The normalized spacial score (nSPS) is 19.3. The molecule has 15 heavy (non-hydrogen) atoms. The number of imide groups is 1. The van der Waals surface area contributed by atoms with E-state index in [1.54, 1.807) is 0 Å². The van der Waals surface area contributed by atoms with Crippen LogP contribution in [0.5, 0.6) is 0 Å². The zero-order chi connectivity index (χ0) is 11.6. The molecule has 0 spiro atoms. The number of nitrogens with two attached hydrogens (primary N) is 1. The molecule has 1 aliphatic rings. The van der Waals surface area contributed by atoms with Crippen molar-refractivity contribution in [1.82, 2.24) is 10.2 Å². The average Bonchev–Trinajstić information content (AvgIpc) is 2.41. The van der Waals surface area contributed by atoms with Crippen molar-refractivity contribution in [1.29, 1.82) is 0 Å². The number of rotatable bonds is 3. The van der Waals surface area contributed by atoms with Crippen LogP contribution in [0.4, 0.5) is 18.0 Å². The Kier molecular flexibility index (Phi) is 3.18. The third-order valence-corrected chi connectivity index (χ3v) is 2.01. The van der Waals surface area contributed by atoms with Crippen LogP contribution < -0.4 is 11.1 Å². The van der Waals surface area contributed by atoms with E-state index in [9.17, 15) is 22.8 Å². The van der Waals surface area contributed by atoms with E-state index in [4.69, 9.17) is 5.73 Å². The summed E-state index contributed by atoms with van der Waals surface area (Å²) in [6.07, 6.45) is -5.13. The minimum absolute atomic E-state index is 0.187. The number of nitrogens with zero attached hydrogens (tertiary/aromatic N) is 1. The summed E-state index contributed by atoms with van der Waals surface area (Å²) in [6, 6.07) is -3.15. The summed E-state index contributed by atoms with van der Waals surface area (Å²) in [7, 11) is 0. The molecule has 1 unspecified atom stereocenters. The van der Waals surface area contributed by atoms with Gasteiger partial charge in [0.05, 0.1) is 6.54 Å². The zero-order valence-corrected chi connectivity index (χ0v) is 7.67. The molecule has 1 fully saturated rings. The van der Waals surface area contributed by atoms with E-state index in [-0.39, 0.29) is 11.4 Å². The molecule has 3 amide bonds. The second kappa shape index (κ2) is 4.05. The molecular formula is C7H10F3N3O2. The van der Waals surface area contributed by atoms with Crippen LogP contribution in [0.2, 0.25) is 0 Å². The topological polar surface area (TPSA) is 75.4 Å². The van der Waals surface area contributed by atoms with E-state index < -0.39 is 37.1 Å². The largest absolute Gasteiger partial charge is 0.409 e. The highest BCUT2D eigenvalue weighted by Crippen LogP contribution is 2.28. The molecular weight excluding hydrogens is 215 g/mol. The molecule has 0 aromatic rings. The van der Waals surface area contributed by atoms with Crippen LogP contribution in [0, 0.1) is 0 Å². The molecule has 0 bridgehead atoms. The maximum Gasteiger partial charge on any atom is 0.409 e. The molecule has 0 aliphatic carbocycles. The van der Waals surface area contributed by atoms with E-state index in [0.29, 0.717) is 0 Å². The summed E-state index contributed by atoms with van der Waals surface area (Å²) in [4.78, 5) is 22.2. The van der Waals surface area contributed by atoms with Crippen LogP contribution in [0.3, 0.4) is 0 Å².